The Morgan fingerprint density at radius 2 is 1.76 bits per heavy atom. The van der Waals surface area contributed by atoms with Gasteiger partial charge < -0.3 is 4.90 Å². The van der Waals surface area contributed by atoms with Gasteiger partial charge in [0, 0.05) is 29.2 Å². The molecule has 1 aliphatic heterocycles. The number of nitrogens with zero attached hydrogens (tertiary/aromatic N) is 2. The minimum atomic E-state index is -4.45. The van der Waals surface area contributed by atoms with Crippen LogP contribution >= 0.6 is 11.6 Å². The monoisotopic (exact) mass is 314 g/mol. The molecule has 0 spiro atoms. The smallest absolute Gasteiger partial charge is 0.371 e. The number of rotatable bonds is 1. The first-order valence-electron chi connectivity index (χ1n) is 6.87. The maximum Gasteiger partial charge on any atom is 0.433 e. The summed E-state index contributed by atoms with van der Waals surface area (Å²) in [4.78, 5) is 5.73. The molecule has 1 aromatic carbocycles. The molecule has 0 N–H and O–H groups in total. The van der Waals surface area contributed by atoms with Crippen LogP contribution in [0.3, 0.4) is 0 Å². The molecular formula is C15H14ClF3N2. The minimum absolute atomic E-state index is 0.329. The SMILES string of the molecule is FC(F)(F)c1cc(N2CCCCC2)c2cc(Cl)ccc2n1. The van der Waals surface area contributed by atoms with Crippen LogP contribution in [0.15, 0.2) is 24.3 Å². The second kappa shape index (κ2) is 5.37. The molecule has 2 aromatic rings. The first-order chi connectivity index (χ1) is 9.95. The van der Waals surface area contributed by atoms with Gasteiger partial charge in [0.25, 0.3) is 0 Å². The number of fused-ring (bicyclic) bond motifs is 1. The number of anilines is 1. The summed E-state index contributed by atoms with van der Waals surface area (Å²) in [5.74, 6) is 0. The summed E-state index contributed by atoms with van der Waals surface area (Å²) in [5, 5.41) is 1.18. The largest absolute Gasteiger partial charge is 0.433 e. The van der Waals surface area contributed by atoms with E-state index in [2.05, 4.69) is 4.98 Å². The molecule has 2 nitrogen and oxygen atoms in total. The van der Waals surface area contributed by atoms with Gasteiger partial charge in [-0.2, -0.15) is 13.2 Å². The van der Waals surface area contributed by atoms with Gasteiger partial charge in [0.2, 0.25) is 0 Å². The van der Waals surface area contributed by atoms with Crippen molar-refractivity contribution in [3.8, 4) is 0 Å². The molecule has 0 bridgehead atoms. The van der Waals surface area contributed by atoms with E-state index in [4.69, 9.17) is 11.6 Å². The van der Waals surface area contributed by atoms with Gasteiger partial charge in [0.15, 0.2) is 0 Å². The normalized spacial score (nSPS) is 16.5. The number of benzene rings is 1. The van der Waals surface area contributed by atoms with Crippen molar-refractivity contribution in [2.45, 2.75) is 25.4 Å². The molecule has 6 heteroatoms. The number of alkyl halides is 3. The van der Waals surface area contributed by atoms with Crippen molar-refractivity contribution in [3.05, 3.63) is 35.0 Å². The highest BCUT2D eigenvalue weighted by Gasteiger charge is 2.34. The molecule has 1 aromatic heterocycles. The van der Waals surface area contributed by atoms with E-state index < -0.39 is 11.9 Å². The Morgan fingerprint density at radius 1 is 1.05 bits per heavy atom. The van der Waals surface area contributed by atoms with E-state index in [1.807, 2.05) is 4.90 Å². The first-order valence-corrected chi connectivity index (χ1v) is 7.25. The van der Waals surface area contributed by atoms with Crippen LogP contribution in [0.1, 0.15) is 25.0 Å². The van der Waals surface area contributed by atoms with E-state index >= 15 is 0 Å². The zero-order valence-corrected chi connectivity index (χ0v) is 12.0. The maximum absolute atomic E-state index is 13.0. The summed E-state index contributed by atoms with van der Waals surface area (Å²) in [6.45, 7) is 1.53. The summed E-state index contributed by atoms with van der Waals surface area (Å²) in [5.41, 5.74) is 0.0576. The number of pyridine rings is 1. The van der Waals surface area contributed by atoms with Crippen LogP contribution in [0.5, 0.6) is 0 Å². The van der Waals surface area contributed by atoms with Crippen molar-refractivity contribution in [1.82, 2.24) is 4.98 Å². The lowest BCUT2D eigenvalue weighted by Gasteiger charge is -2.30. The topological polar surface area (TPSA) is 16.1 Å². The number of hydrogen-bond donors (Lipinski definition) is 0. The Hall–Kier alpha value is -1.49. The van der Waals surface area contributed by atoms with Crippen LogP contribution in [0.4, 0.5) is 18.9 Å². The van der Waals surface area contributed by atoms with Crippen LogP contribution in [0.25, 0.3) is 10.9 Å². The third-order valence-electron chi connectivity index (χ3n) is 3.74. The Kier molecular flexibility index (Phi) is 3.69. The highest BCUT2D eigenvalue weighted by molar-refractivity contribution is 6.31. The van der Waals surface area contributed by atoms with E-state index in [9.17, 15) is 13.2 Å². The highest BCUT2D eigenvalue weighted by atomic mass is 35.5. The third-order valence-corrected chi connectivity index (χ3v) is 3.97. The molecule has 1 saturated heterocycles. The summed E-state index contributed by atoms with van der Waals surface area (Å²) >= 11 is 5.99. The number of piperidine rings is 1. The molecule has 0 aliphatic carbocycles. The lowest BCUT2D eigenvalue weighted by atomic mass is 10.1. The van der Waals surface area contributed by atoms with Gasteiger partial charge in [0.05, 0.1) is 5.52 Å². The lowest BCUT2D eigenvalue weighted by molar-refractivity contribution is -0.140. The Morgan fingerprint density at radius 3 is 2.43 bits per heavy atom. The number of halogens is 4. The fourth-order valence-corrected chi connectivity index (χ4v) is 2.89. The summed E-state index contributed by atoms with van der Waals surface area (Å²) < 4.78 is 39.1. The van der Waals surface area contributed by atoms with Crippen molar-refractivity contribution in [1.29, 1.82) is 0 Å². The van der Waals surface area contributed by atoms with Gasteiger partial charge in [-0.25, -0.2) is 4.98 Å². The number of hydrogen-bond acceptors (Lipinski definition) is 2. The van der Waals surface area contributed by atoms with E-state index in [1.165, 1.54) is 0 Å². The van der Waals surface area contributed by atoms with Crippen molar-refractivity contribution in [3.63, 3.8) is 0 Å². The fraction of sp³-hybridized carbons (Fsp3) is 0.400. The van der Waals surface area contributed by atoms with Crippen molar-refractivity contribution < 1.29 is 13.2 Å². The molecule has 2 heterocycles. The van der Waals surface area contributed by atoms with Crippen LogP contribution in [0, 0.1) is 0 Å². The fourth-order valence-electron chi connectivity index (χ4n) is 2.72. The van der Waals surface area contributed by atoms with E-state index in [1.54, 1.807) is 18.2 Å². The Balaban J connectivity index is 2.20. The van der Waals surface area contributed by atoms with E-state index in [0.717, 1.165) is 38.4 Å². The molecule has 0 atom stereocenters. The van der Waals surface area contributed by atoms with E-state index in [-0.39, 0.29) is 0 Å². The second-order valence-electron chi connectivity index (χ2n) is 5.23. The van der Waals surface area contributed by atoms with Crippen LogP contribution < -0.4 is 4.90 Å². The predicted octanol–water partition coefficient (Wildman–Crippen LogP) is 4.90. The Labute approximate surface area is 125 Å². The summed E-state index contributed by atoms with van der Waals surface area (Å²) in [6.07, 6.45) is -1.35. The molecule has 0 radical (unpaired) electrons. The Bertz CT molecular complexity index is 664. The van der Waals surface area contributed by atoms with Crippen molar-refractivity contribution >= 4 is 28.2 Å². The first kappa shape index (κ1) is 14.4. The number of aromatic nitrogens is 1. The molecule has 0 amide bonds. The quantitative estimate of drug-likeness (QED) is 0.744. The standard InChI is InChI=1S/C15H14ClF3N2/c16-10-4-5-12-11(8-10)13(21-6-2-1-3-7-21)9-14(20-12)15(17,18)19/h4-5,8-9H,1-3,6-7H2. The predicted molar refractivity (Wildman–Crippen MR) is 77.8 cm³/mol. The minimum Gasteiger partial charge on any atom is -0.371 e. The highest BCUT2D eigenvalue weighted by Crippen LogP contribution is 2.36. The lowest BCUT2D eigenvalue weighted by Crippen LogP contribution is -2.30. The van der Waals surface area contributed by atoms with Crippen LogP contribution in [-0.4, -0.2) is 18.1 Å². The molecular weight excluding hydrogens is 301 g/mol. The molecule has 21 heavy (non-hydrogen) atoms. The zero-order chi connectivity index (χ0) is 15.0. The van der Waals surface area contributed by atoms with Gasteiger partial charge in [-0.3, -0.25) is 0 Å². The molecule has 3 rings (SSSR count). The summed E-state index contributed by atoms with van der Waals surface area (Å²) in [7, 11) is 0. The molecule has 1 fully saturated rings. The second-order valence-corrected chi connectivity index (χ2v) is 5.67. The van der Waals surface area contributed by atoms with Crippen molar-refractivity contribution in [2.24, 2.45) is 0 Å². The zero-order valence-electron chi connectivity index (χ0n) is 11.3. The van der Waals surface area contributed by atoms with Gasteiger partial charge in [0.1, 0.15) is 5.69 Å². The molecule has 0 unspecified atom stereocenters. The van der Waals surface area contributed by atoms with E-state index in [0.29, 0.717) is 21.6 Å². The molecule has 1 aliphatic rings. The average Bonchev–Trinajstić information content (AvgIpc) is 2.46. The van der Waals surface area contributed by atoms with Gasteiger partial charge >= 0.3 is 6.18 Å². The average molecular weight is 315 g/mol. The maximum atomic E-state index is 13.0. The van der Waals surface area contributed by atoms with Crippen LogP contribution in [0.2, 0.25) is 5.02 Å². The van der Waals surface area contributed by atoms with Crippen molar-refractivity contribution in [2.75, 3.05) is 18.0 Å². The summed E-state index contributed by atoms with van der Waals surface area (Å²) in [6, 6.07) is 5.94. The van der Waals surface area contributed by atoms with Gasteiger partial charge in [-0.05, 0) is 43.5 Å². The van der Waals surface area contributed by atoms with Crippen LogP contribution in [-0.2, 0) is 6.18 Å². The van der Waals surface area contributed by atoms with Gasteiger partial charge in [-0.1, -0.05) is 11.6 Å². The molecule has 112 valence electrons. The third kappa shape index (κ3) is 2.93. The molecule has 0 saturated carbocycles. The van der Waals surface area contributed by atoms with Gasteiger partial charge in [-0.15, -0.1) is 0 Å².